The van der Waals surface area contributed by atoms with Crippen molar-refractivity contribution < 1.29 is 4.79 Å². The molecule has 1 heterocycles. The van der Waals surface area contributed by atoms with Gasteiger partial charge in [0.15, 0.2) is 0 Å². The minimum Gasteiger partial charge on any atom is -0.352 e. The van der Waals surface area contributed by atoms with Gasteiger partial charge in [0.05, 0.1) is 12.5 Å². The van der Waals surface area contributed by atoms with Gasteiger partial charge in [0.2, 0.25) is 5.91 Å². The van der Waals surface area contributed by atoms with Gasteiger partial charge in [0.25, 0.3) is 0 Å². The second kappa shape index (κ2) is 3.21. The quantitative estimate of drug-likeness (QED) is 0.575. The molecule has 3 nitrogen and oxygen atoms in total. The first kappa shape index (κ1) is 7.07. The van der Waals surface area contributed by atoms with E-state index in [9.17, 15) is 4.79 Å². The molecule has 0 radical (unpaired) electrons. The van der Waals surface area contributed by atoms with Crippen molar-refractivity contribution in [3.8, 4) is 6.07 Å². The maximum absolute atomic E-state index is 10.7. The van der Waals surface area contributed by atoms with Crippen LogP contribution in [0.2, 0.25) is 0 Å². The zero-order valence-corrected chi connectivity index (χ0v) is 5.76. The van der Waals surface area contributed by atoms with E-state index < -0.39 is 0 Å². The lowest BCUT2D eigenvalue weighted by Crippen LogP contribution is -2.38. The summed E-state index contributed by atoms with van der Waals surface area (Å²) >= 11 is 0. The highest BCUT2D eigenvalue weighted by atomic mass is 16.1. The molecule has 1 N–H and O–H groups in total. The molecule has 1 saturated heterocycles. The molecular formula is C7H10N2O. The third-order valence-corrected chi connectivity index (χ3v) is 1.66. The highest BCUT2D eigenvalue weighted by molar-refractivity contribution is 5.76. The van der Waals surface area contributed by atoms with E-state index in [0.717, 1.165) is 12.8 Å². The lowest BCUT2D eigenvalue weighted by molar-refractivity contribution is -0.123. The van der Waals surface area contributed by atoms with Crippen LogP contribution in [0.25, 0.3) is 0 Å². The number of hydrogen-bond acceptors (Lipinski definition) is 2. The SMILES string of the molecule is N#CC[C@H]1CCCC(=O)N1. The molecule has 0 spiro atoms. The van der Waals surface area contributed by atoms with Gasteiger partial charge in [0.1, 0.15) is 0 Å². The standard InChI is InChI=1S/C7H10N2O/c8-5-4-6-2-1-3-7(10)9-6/h6H,1-4H2,(H,9,10)/t6-/m1/s1. The molecule has 1 amide bonds. The predicted octanol–water partition coefficient (Wildman–Crippen LogP) is 0.569. The van der Waals surface area contributed by atoms with Gasteiger partial charge < -0.3 is 5.32 Å². The predicted molar refractivity (Wildman–Crippen MR) is 36.0 cm³/mol. The number of carbonyl (C=O) groups is 1. The normalized spacial score (nSPS) is 25.1. The maximum Gasteiger partial charge on any atom is 0.220 e. The Bertz CT molecular complexity index is 171. The summed E-state index contributed by atoms with van der Waals surface area (Å²) < 4.78 is 0. The summed E-state index contributed by atoms with van der Waals surface area (Å²) in [7, 11) is 0. The molecular weight excluding hydrogens is 128 g/mol. The van der Waals surface area contributed by atoms with E-state index in [1.807, 2.05) is 6.07 Å². The Morgan fingerprint density at radius 3 is 3.20 bits per heavy atom. The van der Waals surface area contributed by atoms with Crippen molar-refractivity contribution in [3.05, 3.63) is 0 Å². The Morgan fingerprint density at radius 2 is 2.60 bits per heavy atom. The molecule has 10 heavy (non-hydrogen) atoms. The van der Waals surface area contributed by atoms with Crippen molar-refractivity contribution in [3.63, 3.8) is 0 Å². The van der Waals surface area contributed by atoms with Gasteiger partial charge in [-0.3, -0.25) is 4.79 Å². The van der Waals surface area contributed by atoms with E-state index in [1.165, 1.54) is 0 Å². The van der Waals surface area contributed by atoms with Crippen LogP contribution in [-0.2, 0) is 4.79 Å². The third kappa shape index (κ3) is 1.73. The topological polar surface area (TPSA) is 52.9 Å². The second-order valence-electron chi connectivity index (χ2n) is 2.52. The maximum atomic E-state index is 10.7. The van der Waals surface area contributed by atoms with Crippen LogP contribution in [0, 0.1) is 11.3 Å². The molecule has 0 unspecified atom stereocenters. The molecule has 0 saturated carbocycles. The van der Waals surface area contributed by atoms with Gasteiger partial charge in [-0.15, -0.1) is 0 Å². The van der Waals surface area contributed by atoms with Crippen molar-refractivity contribution in [2.45, 2.75) is 31.7 Å². The molecule has 0 aliphatic carbocycles. The number of nitrogens with one attached hydrogen (secondary N) is 1. The summed E-state index contributed by atoms with van der Waals surface area (Å²) in [6.07, 6.45) is 2.96. The highest BCUT2D eigenvalue weighted by Gasteiger charge is 2.16. The van der Waals surface area contributed by atoms with Gasteiger partial charge >= 0.3 is 0 Å². The number of nitriles is 1. The van der Waals surface area contributed by atoms with Gasteiger partial charge in [-0.05, 0) is 12.8 Å². The van der Waals surface area contributed by atoms with Crippen LogP contribution in [0.15, 0.2) is 0 Å². The van der Waals surface area contributed by atoms with Crippen LogP contribution in [-0.4, -0.2) is 11.9 Å². The van der Waals surface area contributed by atoms with Crippen LogP contribution in [0.5, 0.6) is 0 Å². The summed E-state index contributed by atoms with van der Waals surface area (Å²) in [4.78, 5) is 10.7. The van der Waals surface area contributed by atoms with Crippen molar-refractivity contribution in [2.24, 2.45) is 0 Å². The Hall–Kier alpha value is -1.04. The van der Waals surface area contributed by atoms with Gasteiger partial charge in [-0.1, -0.05) is 0 Å². The van der Waals surface area contributed by atoms with Crippen molar-refractivity contribution in [1.29, 1.82) is 5.26 Å². The molecule has 54 valence electrons. The fourth-order valence-electron chi connectivity index (χ4n) is 1.14. The van der Waals surface area contributed by atoms with Crippen LogP contribution in [0.4, 0.5) is 0 Å². The van der Waals surface area contributed by atoms with E-state index in [2.05, 4.69) is 5.32 Å². The number of rotatable bonds is 1. The lowest BCUT2D eigenvalue weighted by atomic mass is 10.0. The van der Waals surface area contributed by atoms with Gasteiger partial charge in [-0.2, -0.15) is 5.26 Å². The van der Waals surface area contributed by atoms with Gasteiger partial charge in [0, 0.05) is 12.5 Å². The van der Waals surface area contributed by atoms with E-state index in [1.54, 1.807) is 0 Å². The van der Waals surface area contributed by atoms with E-state index in [0.29, 0.717) is 12.8 Å². The average molecular weight is 138 g/mol. The van der Waals surface area contributed by atoms with E-state index >= 15 is 0 Å². The van der Waals surface area contributed by atoms with Crippen LogP contribution >= 0.6 is 0 Å². The Balaban J connectivity index is 2.34. The summed E-state index contributed by atoms with van der Waals surface area (Å²) in [6, 6.07) is 2.16. The zero-order valence-electron chi connectivity index (χ0n) is 5.76. The summed E-state index contributed by atoms with van der Waals surface area (Å²) in [6.45, 7) is 0. The molecule has 0 aromatic carbocycles. The summed E-state index contributed by atoms with van der Waals surface area (Å²) in [5.41, 5.74) is 0. The monoisotopic (exact) mass is 138 g/mol. The number of hydrogen-bond donors (Lipinski definition) is 1. The Morgan fingerprint density at radius 1 is 1.80 bits per heavy atom. The smallest absolute Gasteiger partial charge is 0.220 e. The molecule has 1 aliphatic heterocycles. The molecule has 1 atom stereocenters. The zero-order chi connectivity index (χ0) is 7.40. The van der Waals surface area contributed by atoms with Crippen LogP contribution in [0.1, 0.15) is 25.7 Å². The number of amides is 1. The lowest BCUT2D eigenvalue weighted by Gasteiger charge is -2.20. The highest BCUT2D eigenvalue weighted by Crippen LogP contribution is 2.09. The average Bonchev–Trinajstić information content (AvgIpc) is 1.88. The summed E-state index contributed by atoms with van der Waals surface area (Å²) in [5.74, 6) is 0.0894. The largest absolute Gasteiger partial charge is 0.352 e. The number of nitrogens with zero attached hydrogens (tertiary/aromatic N) is 1. The van der Waals surface area contributed by atoms with Crippen molar-refractivity contribution in [1.82, 2.24) is 5.32 Å². The van der Waals surface area contributed by atoms with Crippen molar-refractivity contribution >= 4 is 5.91 Å². The molecule has 0 bridgehead atoms. The fraction of sp³-hybridized carbons (Fsp3) is 0.714. The number of piperidine rings is 1. The number of carbonyl (C=O) groups excluding carboxylic acids is 1. The molecule has 1 aliphatic rings. The molecule has 1 rings (SSSR count). The molecule has 0 aromatic heterocycles. The molecule has 3 heteroatoms. The Labute approximate surface area is 60.0 Å². The van der Waals surface area contributed by atoms with E-state index in [-0.39, 0.29) is 11.9 Å². The minimum absolute atomic E-state index is 0.0894. The molecule has 0 aromatic rings. The van der Waals surface area contributed by atoms with E-state index in [4.69, 9.17) is 5.26 Å². The summed E-state index contributed by atoms with van der Waals surface area (Å²) in [5, 5.41) is 11.1. The first-order valence-electron chi connectivity index (χ1n) is 3.49. The Kier molecular flexibility index (Phi) is 2.27. The first-order chi connectivity index (χ1) is 4.83. The van der Waals surface area contributed by atoms with Crippen molar-refractivity contribution in [2.75, 3.05) is 0 Å². The van der Waals surface area contributed by atoms with Crippen LogP contribution in [0.3, 0.4) is 0 Å². The van der Waals surface area contributed by atoms with Crippen LogP contribution < -0.4 is 5.32 Å². The molecule has 1 fully saturated rings. The minimum atomic E-state index is 0.0894. The van der Waals surface area contributed by atoms with Gasteiger partial charge in [-0.25, -0.2) is 0 Å². The first-order valence-corrected chi connectivity index (χ1v) is 3.49. The second-order valence-corrected chi connectivity index (χ2v) is 2.52. The third-order valence-electron chi connectivity index (χ3n) is 1.66. The fourth-order valence-corrected chi connectivity index (χ4v) is 1.14.